The van der Waals surface area contributed by atoms with Crippen molar-refractivity contribution < 1.29 is 26.4 Å². The normalized spacial score (nSPS) is 11.8. The number of alkyl halides is 3. The minimum Gasteiger partial charge on any atom is -0.351 e. The van der Waals surface area contributed by atoms with Gasteiger partial charge in [0, 0.05) is 31.9 Å². The highest BCUT2D eigenvalue weighted by atomic mass is 32.2. The van der Waals surface area contributed by atoms with Crippen LogP contribution in [-0.4, -0.2) is 37.0 Å². The van der Waals surface area contributed by atoms with Crippen molar-refractivity contribution in [2.45, 2.75) is 18.1 Å². The molecule has 1 amide bonds. The predicted octanol–water partition coefficient (Wildman–Crippen LogP) is 6.46. The molecule has 0 saturated carbocycles. The van der Waals surface area contributed by atoms with E-state index in [0.29, 0.717) is 28.1 Å². The molecule has 0 aliphatic carbocycles. The maximum atomic E-state index is 13.3. The Balaban J connectivity index is 1.39. The highest BCUT2D eigenvalue weighted by molar-refractivity contribution is 7.89. The molecule has 7 nitrogen and oxygen atoms in total. The van der Waals surface area contributed by atoms with Gasteiger partial charge in [0.15, 0.2) is 5.03 Å². The lowest BCUT2D eigenvalue weighted by molar-refractivity contribution is -0.137. The van der Waals surface area contributed by atoms with Crippen LogP contribution in [0.3, 0.4) is 0 Å². The summed E-state index contributed by atoms with van der Waals surface area (Å²) in [6, 6.07) is 27.3. The highest BCUT2D eigenvalue weighted by Gasteiger charge is 2.30. The van der Waals surface area contributed by atoms with Crippen molar-refractivity contribution in [1.82, 2.24) is 19.6 Å². The molecule has 0 aliphatic rings. The first-order valence-corrected chi connectivity index (χ1v) is 15.2. The summed E-state index contributed by atoms with van der Waals surface area (Å²) in [5.41, 5.74) is 4.09. The van der Waals surface area contributed by atoms with E-state index in [1.807, 2.05) is 54.6 Å². The Morgan fingerprint density at radius 1 is 0.795 bits per heavy atom. The number of aromatic nitrogens is 2. The van der Waals surface area contributed by atoms with Gasteiger partial charge in [0.2, 0.25) is 0 Å². The third-order valence-electron chi connectivity index (χ3n) is 7.18. The van der Waals surface area contributed by atoms with Crippen molar-refractivity contribution in [1.29, 1.82) is 0 Å². The Hall–Kier alpha value is -4.74. The van der Waals surface area contributed by atoms with E-state index in [2.05, 4.69) is 15.0 Å². The largest absolute Gasteiger partial charge is 0.416 e. The van der Waals surface area contributed by atoms with E-state index in [-0.39, 0.29) is 18.1 Å². The molecule has 4 aromatic carbocycles. The zero-order valence-corrected chi connectivity index (χ0v) is 24.7. The van der Waals surface area contributed by atoms with Crippen LogP contribution in [0.1, 0.15) is 21.7 Å². The van der Waals surface area contributed by atoms with Gasteiger partial charge in [0.05, 0.1) is 5.56 Å². The molecule has 0 atom stereocenters. The number of halogens is 3. The molecule has 0 saturated heterocycles. The average Bonchev–Trinajstić information content (AvgIpc) is 3.37. The van der Waals surface area contributed by atoms with Crippen LogP contribution in [-0.2, 0) is 23.2 Å². The number of sulfonamides is 1. The van der Waals surface area contributed by atoms with Crippen LogP contribution in [0.2, 0.25) is 0 Å². The number of carbonyl (C=O) groups is 1. The molecule has 1 heterocycles. The average molecular weight is 619 g/mol. The van der Waals surface area contributed by atoms with Crippen LogP contribution in [0.15, 0.2) is 108 Å². The maximum Gasteiger partial charge on any atom is 0.416 e. The number of carbonyl (C=O) groups excluding carboxylic acids is 1. The molecule has 0 fully saturated rings. The number of hydrogen-bond acceptors (Lipinski definition) is 4. The first-order valence-electron chi connectivity index (χ1n) is 13.7. The molecule has 0 bridgehead atoms. The lowest BCUT2D eigenvalue weighted by Crippen LogP contribution is -2.35. The molecule has 11 heteroatoms. The van der Waals surface area contributed by atoms with Crippen LogP contribution < -0.4 is 10.0 Å². The van der Waals surface area contributed by atoms with E-state index < -0.39 is 27.7 Å². The van der Waals surface area contributed by atoms with E-state index in [1.54, 1.807) is 36.7 Å². The van der Waals surface area contributed by atoms with Crippen molar-refractivity contribution in [3.05, 3.63) is 120 Å². The molecule has 1 aromatic heterocycles. The Bertz CT molecular complexity index is 1870. The lowest BCUT2D eigenvalue weighted by Gasteiger charge is -2.14. The zero-order chi connectivity index (χ0) is 31.5. The summed E-state index contributed by atoms with van der Waals surface area (Å²) >= 11 is 0. The summed E-state index contributed by atoms with van der Waals surface area (Å²) in [7, 11) is -2.16. The third-order valence-corrected chi connectivity index (χ3v) is 8.51. The van der Waals surface area contributed by atoms with Crippen molar-refractivity contribution in [2.75, 3.05) is 13.1 Å². The number of rotatable bonds is 9. The fourth-order valence-corrected chi connectivity index (χ4v) is 5.74. The summed E-state index contributed by atoms with van der Waals surface area (Å²) in [5, 5.41) is 2.65. The third kappa shape index (κ3) is 6.90. The summed E-state index contributed by atoms with van der Waals surface area (Å²) in [6.45, 7) is 1.64. The lowest BCUT2D eigenvalue weighted by atomic mass is 9.92. The van der Waals surface area contributed by atoms with Crippen molar-refractivity contribution in [3.8, 4) is 33.4 Å². The number of amides is 1. The molecule has 0 radical (unpaired) electrons. The van der Waals surface area contributed by atoms with Gasteiger partial charge < -0.3 is 9.88 Å². The SMILES string of the molecule is Cc1nc(S(=O)(=O)NCCNC(=O)c2ccc(-c3ccc(C(F)(F)F)cc3)cc2-c2ccc(-c3ccccc3)cc2)cn1C. The smallest absolute Gasteiger partial charge is 0.351 e. The van der Waals surface area contributed by atoms with E-state index >= 15 is 0 Å². The summed E-state index contributed by atoms with van der Waals surface area (Å²) in [6.07, 6.45) is -3.04. The summed E-state index contributed by atoms with van der Waals surface area (Å²) in [4.78, 5) is 17.4. The first kappa shape index (κ1) is 30.7. The van der Waals surface area contributed by atoms with Gasteiger partial charge in [-0.15, -0.1) is 0 Å². The van der Waals surface area contributed by atoms with Crippen LogP contribution in [0, 0.1) is 6.92 Å². The number of nitrogens with zero attached hydrogens (tertiary/aromatic N) is 2. The van der Waals surface area contributed by atoms with Crippen LogP contribution >= 0.6 is 0 Å². The van der Waals surface area contributed by atoms with Crippen LogP contribution in [0.4, 0.5) is 13.2 Å². The topological polar surface area (TPSA) is 93.1 Å². The van der Waals surface area contributed by atoms with E-state index in [1.165, 1.54) is 18.3 Å². The quantitative estimate of drug-likeness (QED) is 0.186. The fourth-order valence-electron chi connectivity index (χ4n) is 4.67. The van der Waals surface area contributed by atoms with Gasteiger partial charge >= 0.3 is 6.18 Å². The molecule has 0 unspecified atom stereocenters. The number of hydrogen-bond donors (Lipinski definition) is 2. The van der Waals surface area contributed by atoms with Gasteiger partial charge in [-0.2, -0.15) is 13.2 Å². The van der Waals surface area contributed by atoms with E-state index in [9.17, 15) is 26.4 Å². The van der Waals surface area contributed by atoms with Crippen molar-refractivity contribution in [2.24, 2.45) is 7.05 Å². The standard InChI is InChI=1S/C33H29F3N4O3S/c1-22-39-31(21-40(22)2)44(42,43)38-19-18-37-32(41)29-17-14-27(25-12-15-28(16-13-25)33(34,35)36)20-30(29)26-10-8-24(9-11-26)23-6-4-3-5-7-23/h3-17,20-21,38H,18-19H2,1-2H3,(H,37,41). The molecule has 44 heavy (non-hydrogen) atoms. The van der Waals surface area contributed by atoms with Crippen molar-refractivity contribution in [3.63, 3.8) is 0 Å². The number of benzene rings is 4. The number of nitrogens with one attached hydrogen (secondary N) is 2. The van der Waals surface area contributed by atoms with Gasteiger partial charge in [-0.1, -0.05) is 72.8 Å². The Morgan fingerprint density at radius 2 is 1.36 bits per heavy atom. The Morgan fingerprint density at radius 3 is 1.98 bits per heavy atom. The molecule has 2 N–H and O–H groups in total. The number of imidazole rings is 1. The minimum atomic E-state index is -4.45. The molecule has 226 valence electrons. The van der Waals surface area contributed by atoms with Crippen molar-refractivity contribution >= 4 is 15.9 Å². The van der Waals surface area contributed by atoms with Crippen LogP contribution in [0.25, 0.3) is 33.4 Å². The van der Waals surface area contributed by atoms with Crippen LogP contribution in [0.5, 0.6) is 0 Å². The molecule has 5 aromatic rings. The van der Waals surface area contributed by atoms with Gasteiger partial charge in [0.1, 0.15) is 5.82 Å². The van der Waals surface area contributed by atoms with Gasteiger partial charge in [-0.05, 0) is 64.6 Å². The first-order chi connectivity index (χ1) is 20.9. The predicted molar refractivity (Wildman–Crippen MR) is 163 cm³/mol. The zero-order valence-electron chi connectivity index (χ0n) is 23.9. The second-order valence-corrected chi connectivity index (χ2v) is 11.9. The highest BCUT2D eigenvalue weighted by Crippen LogP contribution is 2.34. The summed E-state index contributed by atoms with van der Waals surface area (Å²) < 4.78 is 68.5. The second-order valence-electron chi connectivity index (χ2n) is 10.2. The second kappa shape index (κ2) is 12.5. The monoisotopic (exact) mass is 618 g/mol. The molecule has 0 spiro atoms. The molecule has 5 rings (SSSR count). The summed E-state index contributed by atoms with van der Waals surface area (Å²) in [5.74, 6) is 0.113. The van der Waals surface area contributed by atoms with E-state index in [0.717, 1.165) is 28.8 Å². The Labute approximate surface area is 253 Å². The van der Waals surface area contributed by atoms with Gasteiger partial charge in [0.25, 0.3) is 15.9 Å². The van der Waals surface area contributed by atoms with E-state index in [4.69, 9.17) is 0 Å². The minimum absolute atomic E-state index is 0.0108. The molecular formula is C33H29F3N4O3S. The fraction of sp³-hybridized carbons (Fsp3) is 0.152. The molecule has 0 aliphatic heterocycles. The van der Waals surface area contributed by atoms with Gasteiger partial charge in [-0.25, -0.2) is 18.1 Å². The Kier molecular flexibility index (Phi) is 8.70. The van der Waals surface area contributed by atoms with Gasteiger partial charge in [-0.3, -0.25) is 4.79 Å². The number of aryl methyl sites for hydroxylation is 2. The molecular weight excluding hydrogens is 589 g/mol. The maximum absolute atomic E-state index is 13.3.